The lowest BCUT2D eigenvalue weighted by atomic mass is 10.1. The Morgan fingerprint density at radius 2 is 2.11 bits per heavy atom. The monoisotopic (exact) mass is 260 g/mol. The van der Waals surface area contributed by atoms with Crippen LogP contribution in [-0.4, -0.2) is 18.8 Å². The van der Waals surface area contributed by atoms with Gasteiger partial charge in [-0.25, -0.2) is 4.79 Å². The van der Waals surface area contributed by atoms with Crippen molar-refractivity contribution in [3.63, 3.8) is 0 Å². The summed E-state index contributed by atoms with van der Waals surface area (Å²) in [6.07, 6.45) is 2.43. The Morgan fingerprint density at radius 3 is 2.79 bits per heavy atom. The molecule has 2 rings (SSSR count). The number of fused-ring (bicyclic) bond motifs is 1. The van der Waals surface area contributed by atoms with E-state index in [2.05, 4.69) is 0 Å². The average Bonchev–Trinajstić information content (AvgIpc) is 2.44. The molecule has 1 N–H and O–H groups in total. The normalized spacial score (nSPS) is 11.8. The van der Waals surface area contributed by atoms with Gasteiger partial charge in [0.15, 0.2) is 0 Å². The highest BCUT2D eigenvalue weighted by Crippen LogP contribution is 2.28. The van der Waals surface area contributed by atoms with Crippen molar-refractivity contribution in [2.75, 3.05) is 13.7 Å². The van der Waals surface area contributed by atoms with Crippen LogP contribution in [0.4, 0.5) is 0 Å². The largest absolute Gasteiger partial charge is 0.496 e. The van der Waals surface area contributed by atoms with Gasteiger partial charge in [-0.1, -0.05) is 11.6 Å². The van der Waals surface area contributed by atoms with Gasteiger partial charge in [-0.05, 0) is 31.5 Å². The van der Waals surface area contributed by atoms with E-state index in [1.807, 2.05) is 25.1 Å². The quantitative estimate of drug-likeness (QED) is 0.676. The molecule has 0 aliphatic heterocycles. The second-order valence-electron chi connectivity index (χ2n) is 4.33. The van der Waals surface area contributed by atoms with E-state index < -0.39 is 0 Å². The third kappa shape index (κ3) is 2.85. The Kier molecular flexibility index (Phi) is 4.02. The molecular formula is C15H16O4. The minimum atomic E-state index is -0.384. The van der Waals surface area contributed by atoms with E-state index >= 15 is 0 Å². The van der Waals surface area contributed by atoms with Crippen molar-refractivity contribution >= 4 is 11.0 Å². The molecule has 0 radical (unpaired) electrons. The Bertz CT molecular complexity index is 667. The van der Waals surface area contributed by atoms with Gasteiger partial charge in [0.25, 0.3) is 0 Å². The fourth-order valence-corrected chi connectivity index (χ4v) is 1.90. The summed E-state index contributed by atoms with van der Waals surface area (Å²) in [6, 6.07) is 6.82. The van der Waals surface area contributed by atoms with Crippen molar-refractivity contribution < 1.29 is 14.3 Å². The van der Waals surface area contributed by atoms with Gasteiger partial charge in [-0.15, -0.1) is 0 Å². The molecule has 0 spiro atoms. The second-order valence-corrected chi connectivity index (χ2v) is 4.33. The highest BCUT2D eigenvalue weighted by Gasteiger charge is 2.10. The lowest BCUT2D eigenvalue weighted by Crippen LogP contribution is -1.99. The van der Waals surface area contributed by atoms with Crippen LogP contribution in [0.5, 0.6) is 5.75 Å². The summed E-state index contributed by atoms with van der Waals surface area (Å²) in [5, 5.41) is 9.88. The predicted molar refractivity (Wildman–Crippen MR) is 73.6 cm³/mol. The topological polar surface area (TPSA) is 59.7 Å². The SMILES string of the molecule is COc1ccc2ccc(=O)oc2c1C/C=C(/C)CO. The Labute approximate surface area is 110 Å². The van der Waals surface area contributed by atoms with Crippen LogP contribution < -0.4 is 10.4 Å². The summed E-state index contributed by atoms with van der Waals surface area (Å²) in [5.74, 6) is 0.670. The van der Waals surface area contributed by atoms with Crippen molar-refractivity contribution in [2.24, 2.45) is 0 Å². The third-order valence-electron chi connectivity index (χ3n) is 2.97. The van der Waals surface area contributed by atoms with E-state index in [0.717, 1.165) is 16.5 Å². The van der Waals surface area contributed by atoms with Gasteiger partial charge in [0.2, 0.25) is 0 Å². The zero-order valence-electron chi connectivity index (χ0n) is 11.0. The summed E-state index contributed by atoms with van der Waals surface area (Å²) in [6.45, 7) is 1.85. The molecule has 0 amide bonds. The first-order valence-electron chi connectivity index (χ1n) is 6.02. The van der Waals surface area contributed by atoms with Gasteiger partial charge >= 0.3 is 5.63 Å². The highest BCUT2D eigenvalue weighted by atomic mass is 16.5. The Hall–Kier alpha value is -2.07. The first-order chi connectivity index (χ1) is 9.15. The minimum Gasteiger partial charge on any atom is -0.496 e. The Morgan fingerprint density at radius 1 is 1.37 bits per heavy atom. The number of hydrogen-bond acceptors (Lipinski definition) is 4. The van der Waals surface area contributed by atoms with Crippen molar-refractivity contribution in [3.8, 4) is 5.75 Å². The molecule has 1 heterocycles. The van der Waals surface area contributed by atoms with E-state index in [1.165, 1.54) is 6.07 Å². The second kappa shape index (κ2) is 5.71. The predicted octanol–water partition coefficient (Wildman–Crippen LogP) is 2.28. The standard InChI is InChI=1S/C15H16O4/c1-10(9-16)3-6-12-13(18-2)7-4-11-5-8-14(17)19-15(11)12/h3-5,7-8,16H,6,9H2,1-2H3/b10-3-. The minimum absolute atomic E-state index is 0.0109. The zero-order valence-corrected chi connectivity index (χ0v) is 11.0. The summed E-state index contributed by atoms with van der Waals surface area (Å²) < 4.78 is 10.6. The third-order valence-corrected chi connectivity index (χ3v) is 2.97. The highest BCUT2D eigenvalue weighted by molar-refractivity contribution is 5.82. The molecule has 0 atom stereocenters. The smallest absolute Gasteiger partial charge is 0.336 e. The molecule has 0 unspecified atom stereocenters. The molecule has 1 aromatic carbocycles. The number of hydrogen-bond donors (Lipinski definition) is 1. The summed E-state index contributed by atoms with van der Waals surface area (Å²) in [4.78, 5) is 11.4. The summed E-state index contributed by atoms with van der Waals surface area (Å²) in [7, 11) is 1.58. The van der Waals surface area contributed by atoms with Crippen LogP contribution in [-0.2, 0) is 6.42 Å². The molecule has 0 saturated carbocycles. The van der Waals surface area contributed by atoms with Crippen molar-refractivity contribution in [2.45, 2.75) is 13.3 Å². The van der Waals surface area contributed by atoms with Crippen LogP contribution in [0.25, 0.3) is 11.0 Å². The average molecular weight is 260 g/mol. The van der Waals surface area contributed by atoms with Gasteiger partial charge in [-0.3, -0.25) is 0 Å². The van der Waals surface area contributed by atoms with E-state index in [0.29, 0.717) is 17.8 Å². The number of benzene rings is 1. The van der Waals surface area contributed by atoms with Crippen LogP contribution >= 0.6 is 0 Å². The number of methoxy groups -OCH3 is 1. The molecule has 0 bridgehead atoms. The van der Waals surface area contributed by atoms with Gasteiger partial charge in [0.05, 0.1) is 13.7 Å². The zero-order chi connectivity index (χ0) is 13.8. The Balaban J connectivity index is 2.60. The van der Waals surface area contributed by atoms with Gasteiger partial charge in [0.1, 0.15) is 11.3 Å². The molecule has 0 aliphatic carbocycles. The molecular weight excluding hydrogens is 244 g/mol. The maximum absolute atomic E-state index is 11.4. The summed E-state index contributed by atoms with van der Waals surface area (Å²) in [5.41, 5.74) is 1.82. The molecule has 2 aromatic rings. The first kappa shape index (κ1) is 13.4. The van der Waals surface area contributed by atoms with Gasteiger partial charge in [-0.2, -0.15) is 0 Å². The molecule has 0 fully saturated rings. The maximum Gasteiger partial charge on any atom is 0.336 e. The number of aliphatic hydroxyl groups excluding tert-OH is 1. The lowest BCUT2D eigenvalue weighted by molar-refractivity contribution is 0.331. The summed E-state index contributed by atoms with van der Waals surface area (Å²) >= 11 is 0. The molecule has 0 saturated heterocycles. The van der Waals surface area contributed by atoms with Crippen LogP contribution in [0, 0.1) is 0 Å². The molecule has 100 valence electrons. The van der Waals surface area contributed by atoms with Crippen LogP contribution in [0.1, 0.15) is 12.5 Å². The lowest BCUT2D eigenvalue weighted by Gasteiger charge is -2.09. The van der Waals surface area contributed by atoms with E-state index in [-0.39, 0.29) is 12.2 Å². The van der Waals surface area contributed by atoms with Crippen molar-refractivity contribution in [3.05, 3.63) is 51.9 Å². The van der Waals surface area contributed by atoms with Crippen LogP contribution in [0.2, 0.25) is 0 Å². The van der Waals surface area contributed by atoms with E-state index in [4.69, 9.17) is 14.3 Å². The number of allylic oxidation sites excluding steroid dienone is 1. The number of rotatable bonds is 4. The number of ether oxygens (including phenoxy) is 1. The van der Waals surface area contributed by atoms with Gasteiger partial charge in [0, 0.05) is 17.0 Å². The van der Waals surface area contributed by atoms with Crippen LogP contribution in [0.3, 0.4) is 0 Å². The molecule has 0 aliphatic rings. The van der Waals surface area contributed by atoms with Crippen LogP contribution in [0.15, 0.2) is 45.1 Å². The fourth-order valence-electron chi connectivity index (χ4n) is 1.90. The molecule has 19 heavy (non-hydrogen) atoms. The molecule has 4 nitrogen and oxygen atoms in total. The number of aliphatic hydroxyl groups is 1. The fraction of sp³-hybridized carbons (Fsp3) is 0.267. The molecule has 1 aromatic heterocycles. The van der Waals surface area contributed by atoms with Crippen molar-refractivity contribution in [1.82, 2.24) is 0 Å². The van der Waals surface area contributed by atoms with E-state index in [9.17, 15) is 4.79 Å². The van der Waals surface area contributed by atoms with Gasteiger partial charge < -0.3 is 14.3 Å². The van der Waals surface area contributed by atoms with Crippen molar-refractivity contribution in [1.29, 1.82) is 0 Å². The first-order valence-corrected chi connectivity index (χ1v) is 6.02. The molecule has 4 heteroatoms. The van der Waals surface area contributed by atoms with E-state index in [1.54, 1.807) is 13.2 Å². The maximum atomic E-state index is 11.4.